The van der Waals surface area contributed by atoms with E-state index in [0.29, 0.717) is 25.1 Å². The number of nitrogens with one attached hydrogen (secondary N) is 2. The van der Waals surface area contributed by atoms with Crippen molar-refractivity contribution in [2.75, 3.05) is 65.9 Å². The summed E-state index contributed by atoms with van der Waals surface area (Å²) in [6, 6.07) is 4.03. The molecule has 9 nitrogen and oxygen atoms in total. The van der Waals surface area contributed by atoms with Gasteiger partial charge in [-0.15, -0.1) is 0 Å². The van der Waals surface area contributed by atoms with E-state index >= 15 is 0 Å². The molecular formula is C19H32N6O3S2. The highest BCUT2D eigenvalue weighted by atomic mass is 32.2. The van der Waals surface area contributed by atoms with E-state index in [9.17, 15) is 9.35 Å². The van der Waals surface area contributed by atoms with Crippen LogP contribution in [-0.4, -0.2) is 84.8 Å². The fraction of sp³-hybridized carbons (Fsp3) is 0.579. The van der Waals surface area contributed by atoms with Crippen molar-refractivity contribution in [1.29, 1.82) is 0 Å². The van der Waals surface area contributed by atoms with Gasteiger partial charge in [0.25, 0.3) is 4.88 Å². The number of furan rings is 1. The second kappa shape index (κ2) is 12.2. The third-order valence-electron chi connectivity index (χ3n) is 4.20. The molecule has 2 rings (SSSR count). The highest BCUT2D eigenvalue weighted by Gasteiger charge is 2.24. The van der Waals surface area contributed by atoms with Crippen molar-refractivity contribution in [2.24, 2.45) is 4.99 Å². The van der Waals surface area contributed by atoms with Gasteiger partial charge in [-0.05, 0) is 40.3 Å². The maximum absolute atomic E-state index is 12.2. The number of aromatic nitrogens is 1. The van der Waals surface area contributed by atoms with Crippen molar-refractivity contribution in [2.45, 2.75) is 12.2 Å². The van der Waals surface area contributed by atoms with Crippen LogP contribution in [0.3, 0.4) is 0 Å². The van der Waals surface area contributed by atoms with Crippen molar-refractivity contribution >= 4 is 34.3 Å². The lowest BCUT2D eigenvalue weighted by Gasteiger charge is -2.09. The predicted molar refractivity (Wildman–Crippen MR) is 122 cm³/mol. The smallest absolute Gasteiger partial charge is 0.308 e. The minimum absolute atomic E-state index is 0.0426. The fourth-order valence-electron chi connectivity index (χ4n) is 2.56. The summed E-state index contributed by atoms with van der Waals surface area (Å²) in [5, 5.41) is 2.73. The number of thioether (sulfide) groups is 1. The number of hydrogen-bond donors (Lipinski definition) is 3. The van der Waals surface area contributed by atoms with E-state index in [1.54, 1.807) is 11.8 Å². The molecule has 0 aliphatic rings. The Kier molecular flexibility index (Phi) is 9.92. The molecule has 0 aliphatic carbocycles. The number of nitrogens with two attached hydrogens (primary N) is 1. The van der Waals surface area contributed by atoms with Crippen LogP contribution in [-0.2, 0) is 12.2 Å². The largest absolute Gasteiger partial charge is 0.570 e. The number of nitrogens with zero attached hydrogens (tertiary/aromatic N) is 3. The van der Waals surface area contributed by atoms with Crippen LogP contribution in [0.25, 0.3) is 0 Å². The number of nitrogen functional groups attached to an aromatic ring is 1. The molecule has 2 aromatic heterocycles. The molecule has 2 aromatic rings. The third-order valence-corrected chi connectivity index (χ3v) is 6.31. The molecule has 2 heterocycles. The van der Waals surface area contributed by atoms with Crippen molar-refractivity contribution < 1.29 is 13.8 Å². The lowest BCUT2D eigenvalue weighted by Crippen LogP contribution is -2.31. The topological polar surface area (TPSA) is 126 Å². The monoisotopic (exact) mass is 456 g/mol. The number of rotatable bonds is 12. The summed E-state index contributed by atoms with van der Waals surface area (Å²) in [7, 11) is 6.22. The van der Waals surface area contributed by atoms with E-state index in [4.69, 9.17) is 10.2 Å². The summed E-state index contributed by atoms with van der Waals surface area (Å²) < 4.78 is 20.7. The molecule has 11 heteroatoms. The standard InChI is InChI=1S/C19H32N6O3S2/c1-24(2)10-7-14-5-6-15(28-14)13-29-12-9-21-18-16(20)17(30(27)23-18)19(26)22-8-11-25(3)4/h5-6H,7-13,20H2,1-4H3,(H,21,23)(H,22,26). The quantitative estimate of drug-likeness (QED) is 0.323. The predicted octanol–water partition coefficient (Wildman–Crippen LogP) is 1.15. The molecule has 1 amide bonds. The van der Waals surface area contributed by atoms with Crippen LogP contribution in [0.4, 0.5) is 5.69 Å². The first-order chi connectivity index (χ1) is 14.3. The van der Waals surface area contributed by atoms with Gasteiger partial charge in [0, 0.05) is 31.8 Å². The van der Waals surface area contributed by atoms with Crippen LogP contribution < -0.4 is 16.5 Å². The zero-order chi connectivity index (χ0) is 22.1. The summed E-state index contributed by atoms with van der Waals surface area (Å²) in [5.41, 5.74) is 6.47. The number of H-pyrrole nitrogens is 1. The first-order valence-electron chi connectivity index (χ1n) is 9.74. The number of aromatic amines is 1. The van der Waals surface area contributed by atoms with Gasteiger partial charge < -0.3 is 29.8 Å². The van der Waals surface area contributed by atoms with Gasteiger partial charge in [-0.1, -0.05) is 0 Å². The molecule has 1 unspecified atom stereocenters. The average molecular weight is 457 g/mol. The van der Waals surface area contributed by atoms with E-state index in [0.717, 1.165) is 36.0 Å². The lowest BCUT2D eigenvalue weighted by atomic mass is 10.3. The summed E-state index contributed by atoms with van der Waals surface area (Å²) in [6.07, 6.45) is 0.894. The van der Waals surface area contributed by atoms with Crippen molar-refractivity contribution in [3.8, 4) is 0 Å². The molecule has 0 saturated heterocycles. The number of hydrogen-bond acceptors (Lipinski definition) is 8. The van der Waals surface area contributed by atoms with E-state index in [-0.39, 0.29) is 10.6 Å². The zero-order valence-corrected chi connectivity index (χ0v) is 19.7. The minimum atomic E-state index is -1.68. The van der Waals surface area contributed by atoms with Crippen molar-refractivity contribution in [3.05, 3.63) is 34.0 Å². The summed E-state index contributed by atoms with van der Waals surface area (Å²) in [4.78, 5) is 20.7. The van der Waals surface area contributed by atoms with Gasteiger partial charge in [0.1, 0.15) is 17.2 Å². The van der Waals surface area contributed by atoms with E-state index in [1.165, 1.54) is 0 Å². The molecule has 0 fully saturated rings. The molecular weight excluding hydrogens is 424 g/mol. The van der Waals surface area contributed by atoms with Gasteiger partial charge in [-0.25, -0.2) is 0 Å². The lowest BCUT2D eigenvalue weighted by molar-refractivity contribution is 0.0955. The Balaban J connectivity index is 1.82. The van der Waals surface area contributed by atoms with Crippen LogP contribution in [0.1, 0.15) is 21.2 Å². The van der Waals surface area contributed by atoms with Gasteiger partial charge in [0.2, 0.25) is 0 Å². The molecule has 30 heavy (non-hydrogen) atoms. The first kappa shape index (κ1) is 24.5. The molecule has 1 atom stereocenters. The molecule has 0 aromatic carbocycles. The zero-order valence-electron chi connectivity index (χ0n) is 18.1. The first-order valence-corrected chi connectivity index (χ1v) is 12.0. The number of anilines is 1. The fourth-order valence-corrected chi connectivity index (χ4v) is 4.27. The maximum Gasteiger partial charge on any atom is 0.308 e. The normalized spacial score (nSPS) is 12.9. The van der Waals surface area contributed by atoms with Crippen molar-refractivity contribution in [3.63, 3.8) is 0 Å². The Morgan fingerprint density at radius 2 is 1.97 bits per heavy atom. The Labute approximate surface area is 184 Å². The van der Waals surface area contributed by atoms with E-state index in [1.807, 2.05) is 45.2 Å². The number of carbonyl (C=O) groups excluding carboxylic acids is 1. The van der Waals surface area contributed by atoms with E-state index < -0.39 is 16.9 Å². The second-order valence-corrected chi connectivity index (χ2v) is 9.63. The average Bonchev–Trinajstić information content (AvgIpc) is 3.23. The van der Waals surface area contributed by atoms with Crippen LogP contribution in [0, 0.1) is 0 Å². The van der Waals surface area contributed by atoms with E-state index in [2.05, 4.69) is 19.6 Å². The van der Waals surface area contributed by atoms with Crippen LogP contribution in [0.2, 0.25) is 0 Å². The highest BCUT2D eigenvalue weighted by Crippen LogP contribution is 2.20. The summed E-state index contributed by atoms with van der Waals surface area (Å²) in [5.74, 6) is 3.02. The summed E-state index contributed by atoms with van der Waals surface area (Å²) >= 11 is 1.69. The SMILES string of the molecule is CN(C)CCNC(=O)c1c(N)c(=NCCSCc2ccc(CCN(C)C)o2)[nH][s+]1[O-]. The maximum atomic E-state index is 12.2. The van der Waals surface area contributed by atoms with Gasteiger partial charge in [0.05, 0.1) is 23.2 Å². The van der Waals surface area contributed by atoms with Gasteiger partial charge in [0.15, 0.2) is 5.49 Å². The molecule has 0 aliphatic heterocycles. The number of amides is 1. The van der Waals surface area contributed by atoms with Crippen LogP contribution >= 0.6 is 22.7 Å². The molecule has 0 spiro atoms. The molecule has 0 bridgehead atoms. The Morgan fingerprint density at radius 3 is 2.67 bits per heavy atom. The second-order valence-electron chi connectivity index (χ2n) is 7.38. The third kappa shape index (κ3) is 7.80. The number of likely N-dealkylation sites (N-methyl/N-ethyl adjacent to an activating group) is 2. The molecule has 168 valence electrons. The summed E-state index contributed by atoms with van der Waals surface area (Å²) in [6.45, 7) is 2.59. The minimum Gasteiger partial charge on any atom is -0.570 e. The molecule has 4 N–H and O–H groups in total. The Morgan fingerprint density at radius 1 is 1.27 bits per heavy atom. The molecule has 0 radical (unpaired) electrons. The molecule has 0 saturated carbocycles. The Bertz CT molecular complexity index is 872. The van der Waals surface area contributed by atoms with Gasteiger partial charge >= 0.3 is 5.91 Å². The van der Waals surface area contributed by atoms with Crippen LogP contribution in [0.5, 0.6) is 0 Å². The van der Waals surface area contributed by atoms with Crippen LogP contribution in [0.15, 0.2) is 21.5 Å². The number of carbonyl (C=O) groups is 1. The Hall–Kier alpha value is -1.79. The van der Waals surface area contributed by atoms with Crippen molar-refractivity contribution in [1.82, 2.24) is 19.5 Å². The highest BCUT2D eigenvalue weighted by molar-refractivity contribution is 7.98. The van der Waals surface area contributed by atoms with Gasteiger partial charge in [-0.2, -0.15) is 16.1 Å². The van der Waals surface area contributed by atoms with Gasteiger partial charge in [-0.3, -0.25) is 9.79 Å².